The molecule has 0 spiro atoms. The molecule has 0 radical (unpaired) electrons. The number of carbonyl (C=O) groups excluding carboxylic acids is 1. The van der Waals surface area contributed by atoms with Gasteiger partial charge in [-0.15, -0.1) is 0 Å². The number of para-hydroxylation sites is 1. The lowest BCUT2D eigenvalue weighted by Gasteiger charge is -2.39. The van der Waals surface area contributed by atoms with E-state index in [-0.39, 0.29) is 5.78 Å². The third-order valence-electron chi connectivity index (χ3n) is 5.44. The Kier molecular flexibility index (Phi) is 5.81. The molecule has 1 aliphatic heterocycles. The molecule has 0 saturated carbocycles. The number of Topliss-reactive ketones (excluding diaryl/α,β-unsaturated/α-hetero) is 1. The van der Waals surface area contributed by atoms with Gasteiger partial charge in [0.1, 0.15) is 11.6 Å². The van der Waals surface area contributed by atoms with Gasteiger partial charge in [-0.1, -0.05) is 30.8 Å². The van der Waals surface area contributed by atoms with Crippen molar-refractivity contribution in [3.8, 4) is 6.07 Å². The molecule has 7 heteroatoms. The molecule has 1 atom stereocenters. The van der Waals surface area contributed by atoms with Gasteiger partial charge in [0.15, 0.2) is 10.9 Å². The van der Waals surface area contributed by atoms with E-state index in [0.29, 0.717) is 23.4 Å². The monoisotopic (exact) mass is 483 g/mol. The molecule has 0 fully saturated rings. The number of rotatable bonds is 4. The lowest BCUT2D eigenvalue weighted by atomic mass is 9.76. The van der Waals surface area contributed by atoms with Crippen molar-refractivity contribution in [1.82, 2.24) is 0 Å². The topological polar surface area (TPSA) is 83.3 Å². The van der Waals surface area contributed by atoms with E-state index in [0.717, 1.165) is 50.9 Å². The summed E-state index contributed by atoms with van der Waals surface area (Å²) in [5, 5.41) is 10.9. The van der Waals surface area contributed by atoms with Crippen molar-refractivity contribution >= 4 is 39.2 Å². The second-order valence-electron chi connectivity index (χ2n) is 7.30. The van der Waals surface area contributed by atoms with E-state index in [1.165, 1.54) is 0 Å². The predicted octanol–water partition coefficient (Wildman–Crippen LogP) is 5.77. The van der Waals surface area contributed by atoms with Gasteiger partial charge in [0.05, 0.1) is 23.2 Å². The molecule has 1 unspecified atom stereocenters. The standard InChI is InChI=1S/C23H22BrN3O2S/c1-3-30-23-14(11-13(2)29-23)20-15(12-25)22(26)27(17-8-5-4-7-16(17)24)18-9-6-10-19(28)21(18)20/h4-5,7-8,11,20H,3,6,9-10,26H2,1-2H3. The van der Waals surface area contributed by atoms with Gasteiger partial charge in [-0.05, 0) is 59.6 Å². The van der Waals surface area contributed by atoms with Crippen molar-refractivity contribution < 1.29 is 9.21 Å². The number of aryl methyl sites for hydroxylation is 1. The Hall–Kier alpha value is -2.43. The van der Waals surface area contributed by atoms with Crippen LogP contribution in [-0.2, 0) is 4.79 Å². The normalized spacial score (nSPS) is 19.2. The summed E-state index contributed by atoms with van der Waals surface area (Å²) in [5.74, 6) is 1.54. The fraction of sp³-hybridized carbons (Fsp3) is 0.304. The molecule has 2 heterocycles. The molecule has 2 aliphatic rings. The maximum absolute atomic E-state index is 13.2. The van der Waals surface area contributed by atoms with Crippen LogP contribution in [0.3, 0.4) is 0 Å². The summed E-state index contributed by atoms with van der Waals surface area (Å²) in [6, 6.07) is 12.0. The second kappa shape index (κ2) is 8.37. The van der Waals surface area contributed by atoms with Gasteiger partial charge in [-0.25, -0.2) is 0 Å². The molecule has 1 aromatic heterocycles. The summed E-state index contributed by atoms with van der Waals surface area (Å²) in [6.45, 7) is 3.93. The summed E-state index contributed by atoms with van der Waals surface area (Å²) in [5.41, 5.74) is 10.2. The van der Waals surface area contributed by atoms with E-state index in [2.05, 4.69) is 22.0 Å². The number of hydrogen-bond donors (Lipinski definition) is 1. The number of anilines is 1. The number of nitrogens with zero attached hydrogens (tertiary/aromatic N) is 2. The van der Waals surface area contributed by atoms with Crippen LogP contribution in [0.4, 0.5) is 5.69 Å². The van der Waals surface area contributed by atoms with Crippen LogP contribution < -0.4 is 10.6 Å². The fourth-order valence-corrected chi connectivity index (χ4v) is 5.52. The largest absolute Gasteiger partial charge is 0.455 e. The first-order valence-corrected chi connectivity index (χ1v) is 11.7. The lowest BCUT2D eigenvalue weighted by Crippen LogP contribution is -2.38. The number of carbonyl (C=O) groups is 1. The minimum Gasteiger partial charge on any atom is -0.455 e. The van der Waals surface area contributed by atoms with Gasteiger partial charge >= 0.3 is 0 Å². The van der Waals surface area contributed by atoms with Gasteiger partial charge in [-0.3, -0.25) is 9.69 Å². The third kappa shape index (κ3) is 3.38. The number of nitriles is 1. The first kappa shape index (κ1) is 20.8. The van der Waals surface area contributed by atoms with E-state index >= 15 is 0 Å². The van der Waals surface area contributed by atoms with Crippen molar-refractivity contribution in [2.45, 2.75) is 44.1 Å². The molecule has 2 aromatic rings. The van der Waals surface area contributed by atoms with Gasteiger partial charge < -0.3 is 10.2 Å². The summed E-state index contributed by atoms with van der Waals surface area (Å²) < 4.78 is 6.77. The SMILES string of the molecule is CCSc1oc(C)cc1C1C(C#N)=C(N)N(c2ccccc2Br)C2=C1C(=O)CCC2. The highest BCUT2D eigenvalue weighted by molar-refractivity contribution is 9.10. The number of halogens is 1. The third-order valence-corrected chi connectivity index (χ3v) is 6.98. The highest BCUT2D eigenvalue weighted by Gasteiger charge is 2.42. The summed E-state index contributed by atoms with van der Waals surface area (Å²) >= 11 is 5.18. The number of hydrogen-bond acceptors (Lipinski definition) is 6. The zero-order chi connectivity index (χ0) is 21.4. The molecule has 0 saturated heterocycles. The minimum absolute atomic E-state index is 0.0739. The van der Waals surface area contributed by atoms with Gasteiger partial charge in [0.25, 0.3) is 0 Å². The Morgan fingerprint density at radius 3 is 2.83 bits per heavy atom. The summed E-state index contributed by atoms with van der Waals surface area (Å²) in [4.78, 5) is 15.1. The van der Waals surface area contributed by atoms with Gasteiger partial charge in [0, 0.05) is 27.7 Å². The summed E-state index contributed by atoms with van der Waals surface area (Å²) in [6.07, 6.45) is 1.97. The quantitative estimate of drug-likeness (QED) is 0.555. The average molecular weight is 484 g/mol. The molecule has 1 aliphatic carbocycles. The Labute approximate surface area is 188 Å². The molecule has 2 N–H and O–H groups in total. The van der Waals surface area contributed by atoms with E-state index in [1.807, 2.05) is 49.1 Å². The predicted molar refractivity (Wildman–Crippen MR) is 122 cm³/mol. The highest BCUT2D eigenvalue weighted by atomic mass is 79.9. The zero-order valence-corrected chi connectivity index (χ0v) is 19.3. The molecule has 0 bridgehead atoms. The van der Waals surface area contributed by atoms with Crippen molar-refractivity contribution in [2.75, 3.05) is 10.7 Å². The molecule has 154 valence electrons. The van der Waals surface area contributed by atoms with Crippen molar-refractivity contribution in [2.24, 2.45) is 5.73 Å². The van der Waals surface area contributed by atoms with Crippen LogP contribution >= 0.6 is 27.7 Å². The number of benzene rings is 1. The maximum atomic E-state index is 13.2. The Bertz CT molecular complexity index is 1130. The van der Waals surface area contributed by atoms with Crippen molar-refractivity contribution in [3.63, 3.8) is 0 Å². The fourth-order valence-electron chi connectivity index (χ4n) is 4.26. The van der Waals surface area contributed by atoms with Crippen molar-refractivity contribution in [1.29, 1.82) is 5.26 Å². The first-order valence-electron chi connectivity index (χ1n) is 9.91. The molecule has 4 rings (SSSR count). The second-order valence-corrected chi connectivity index (χ2v) is 9.39. The van der Waals surface area contributed by atoms with Crippen LogP contribution in [0.1, 0.15) is 43.4 Å². The van der Waals surface area contributed by atoms with Crippen molar-refractivity contribution in [3.05, 3.63) is 68.8 Å². The van der Waals surface area contributed by atoms with Crippen LogP contribution in [0.5, 0.6) is 0 Å². The molecular weight excluding hydrogens is 462 g/mol. The Morgan fingerprint density at radius 2 is 2.13 bits per heavy atom. The van der Waals surface area contributed by atoms with Crippen LogP contribution in [0.25, 0.3) is 0 Å². The number of ketones is 1. The van der Waals surface area contributed by atoms with E-state index in [1.54, 1.807) is 11.8 Å². The average Bonchev–Trinajstić information content (AvgIpc) is 3.08. The van der Waals surface area contributed by atoms with Crippen LogP contribution in [-0.4, -0.2) is 11.5 Å². The lowest BCUT2D eigenvalue weighted by molar-refractivity contribution is -0.116. The van der Waals surface area contributed by atoms with E-state index in [4.69, 9.17) is 10.2 Å². The van der Waals surface area contributed by atoms with Crippen LogP contribution in [0.15, 0.2) is 67.0 Å². The summed E-state index contributed by atoms with van der Waals surface area (Å²) in [7, 11) is 0. The van der Waals surface area contributed by atoms with Crippen LogP contribution in [0, 0.1) is 18.3 Å². The van der Waals surface area contributed by atoms with Crippen LogP contribution in [0.2, 0.25) is 0 Å². The maximum Gasteiger partial charge on any atom is 0.164 e. The first-order chi connectivity index (χ1) is 14.5. The number of allylic oxidation sites excluding steroid dienone is 3. The molecule has 30 heavy (non-hydrogen) atoms. The molecular formula is C23H22BrN3O2S. The van der Waals surface area contributed by atoms with Gasteiger partial charge in [0.2, 0.25) is 0 Å². The molecule has 0 amide bonds. The zero-order valence-electron chi connectivity index (χ0n) is 16.9. The molecule has 5 nitrogen and oxygen atoms in total. The van der Waals surface area contributed by atoms with E-state index < -0.39 is 5.92 Å². The van der Waals surface area contributed by atoms with Gasteiger partial charge in [-0.2, -0.15) is 5.26 Å². The Morgan fingerprint density at radius 1 is 1.37 bits per heavy atom. The minimum atomic E-state index is -0.497. The number of furan rings is 1. The molecule has 1 aromatic carbocycles. The smallest absolute Gasteiger partial charge is 0.164 e. The highest BCUT2D eigenvalue weighted by Crippen LogP contribution is 2.49. The number of thioether (sulfide) groups is 1. The Balaban J connectivity index is 1.99. The number of nitrogens with two attached hydrogens (primary N) is 1. The van der Waals surface area contributed by atoms with E-state index in [9.17, 15) is 10.1 Å².